The highest BCUT2D eigenvalue weighted by molar-refractivity contribution is 7.89. The minimum atomic E-state index is -3.94. The average Bonchev–Trinajstić information content (AvgIpc) is 2.48. The molecule has 1 aromatic carbocycles. The number of hydrogen-bond donors (Lipinski definition) is 1. The van der Waals surface area contributed by atoms with Crippen LogP contribution in [0.4, 0.5) is 10.1 Å². The van der Waals surface area contributed by atoms with Gasteiger partial charge < -0.3 is 5.32 Å². The second-order valence-corrected chi connectivity index (χ2v) is 7.45. The van der Waals surface area contributed by atoms with Crippen LogP contribution in [-0.4, -0.2) is 37.0 Å². The van der Waals surface area contributed by atoms with Gasteiger partial charge in [0.15, 0.2) is 0 Å². The molecule has 0 bridgehead atoms. The predicted octanol–water partition coefficient (Wildman–Crippen LogP) is 1.92. The monoisotopic (exact) mass is 342 g/mol. The van der Waals surface area contributed by atoms with Crippen LogP contribution < -0.4 is 5.32 Å². The number of piperidine rings is 1. The van der Waals surface area contributed by atoms with Crippen molar-refractivity contribution in [3.63, 3.8) is 0 Å². The van der Waals surface area contributed by atoms with Gasteiger partial charge in [0.05, 0.1) is 16.6 Å². The van der Waals surface area contributed by atoms with E-state index in [-0.39, 0.29) is 22.9 Å². The maximum absolute atomic E-state index is 13.7. The maximum atomic E-state index is 13.7. The number of ketones is 1. The summed E-state index contributed by atoms with van der Waals surface area (Å²) in [5, 5.41) is 2.26. The van der Waals surface area contributed by atoms with Gasteiger partial charge in [-0.1, -0.05) is 6.42 Å². The Kier molecular flexibility index (Phi) is 5.16. The Hall–Kier alpha value is -1.80. The van der Waals surface area contributed by atoms with Crippen LogP contribution in [0, 0.1) is 5.82 Å². The zero-order valence-electron chi connectivity index (χ0n) is 13.0. The Bertz CT molecular complexity index is 733. The lowest BCUT2D eigenvalue weighted by Gasteiger charge is -2.33. The summed E-state index contributed by atoms with van der Waals surface area (Å²) in [7, 11) is -3.94. The molecule has 1 heterocycles. The summed E-state index contributed by atoms with van der Waals surface area (Å²) in [6.07, 6.45) is 1.94. The third-order valence-electron chi connectivity index (χ3n) is 3.78. The number of anilines is 1. The molecule has 1 fully saturated rings. The molecule has 8 heteroatoms. The van der Waals surface area contributed by atoms with Gasteiger partial charge in [-0.2, -0.15) is 4.31 Å². The van der Waals surface area contributed by atoms with Crippen LogP contribution in [0.3, 0.4) is 0 Å². The van der Waals surface area contributed by atoms with Gasteiger partial charge in [0.25, 0.3) is 0 Å². The second-order valence-electron chi connectivity index (χ2n) is 5.56. The largest absolute Gasteiger partial charge is 0.324 e. The summed E-state index contributed by atoms with van der Waals surface area (Å²) >= 11 is 0. The van der Waals surface area contributed by atoms with Crippen molar-refractivity contribution < 1.29 is 22.4 Å². The van der Waals surface area contributed by atoms with Crippen LogP contribution in [0.25, 0.3) is 0 Å². The molecule has 0 unspecified atom stereocenters. The van der Waals surface area contributed by atoms with Crippen LogP contribution in [0.1, 0.15) is 33.1 Å². The number of nitrogens with zero attached hydrogens (tertiary/aromatic N) is 1. The molecule has 1 aromatic rings. The number of carbonyl (C=O) groups is 2. The third kappa shape index (κ3) is 3.76. The lowest BCUT2D eigenvalue weighted by Crippen LogP contribution is -2.47. The summed E-state index contributed by atoms with van der Waals surface area (Å²) in [4.78, 5) is 22.7. The van der Waals surface area contributed by atoms with Crippen molar-refractivity contribution in [3.8, 4) is 0 Å². The number of hydrogen-bond acceptors (Lipinski definition) is 4. The highest BCUT2D eigenvalue weighted by Crippen LogP contribution is 2.28. The van der Waals surface area contributed by atoms with Gasteiger partial charge in [-0.25, -0.2) is 12.8 Å². The maximum Gasteiger partial charge on any atom is 0.243 e. The molecule has 0 spiro atoms. The molecule has 23 heavy (non-hydrogen) atoms. The Morgan fingerprint density at radius 2 is 1.96 bits per heavy atom. The molecule has 1 N–H and O–H groups in total. The lowest BCUT2D eigenvalue weighted by molar-refractivity contribution is -0.121. The van der Waals surface area contributed by atoms with Gasteiger partial charge >= 0.3 is 0 Å². The van der Waals surface area contributed by atoms with Crippen molar-refractivity contribution >= 4 is 27.4 Å². The Morgan fingerprint density at radius 3 is 2.57 bits per heavy atom. The van der Waals surface area contributed by atoms with Gasteiger partial charge in [-0.05, 0) is 38.0 Å². The zero-order chi connectivity index (χ0) is 17.2. The number of sulfonamides is 1. The van der Waals surface area contributed by atoms with Crippen LogP contribution in [0.2, 0.25) is 0 Å². The highest BCUT2D eigenvalue weighted by atomic mass is 32.2. The molecule has 0 radical (unpaired) electrons. The molecule has 0 aromatic heterocycles. The predicted molar refractivity (Wildman–Crippen MR) is 82.9 cm³/mol. The average molecular weight is 342 g/mol. The van der Waals surface area contributed by atoms with E-state index in [1.54, 1.807) is 0 Å². The van der Waals surface area contributed by atoms with Crippen molar-refractivity contribution in [2.24, 2.45) is 0 Å². The summed E-state index contributed by atoms with van der Waals surface area (Å²) < 4.78 is 40.4. The van der Waals surface area contributed by atoms with Gasteiger partial charge in [0, 0.05) is 13.5 Å². The Morgan fingerprint density at radius 1 is 1.26 bits per heavy atom. The first kappa shape index (κ1) is 17.6. The van der Waals surface area contributed by atoms with Gasteiger partial charge in [-0.3, -0.25) is 9.59 Å². The number of benzene rings is 1. The molecule has 0 aliphatic carbocycles. The Labute approximate surface area is 134 Å². The van der Waals surface area contributed by atoms with E-state index < -0.39 is 27.8 Å². The molecule has 126 valence electrons. The number of rotatable bonds is 4. The summed E-state index contributed by atoms with van der Waals surface area (Å²) in [5.74, 6) is -1.43. The summed E-state index contributed by atoms with van der Waals surface area (Å²) in [6.45, 7) is 2.82. The first-order chi connectivity index (χ1) is 10.7. The number of nitrogens with one attached hydrogen (secondary N) is 1. The smallest absolute Gasteiger partial charge is 0.243 e. The van der Waals surface area contributed by atoms with E-state index >= 15 is 0 Å². The molecule has 1 amide bonds. The van der Waals surface area contributed by atoms with E-state index in [4.69, 9.17) is 0 Å². The van der Waals surface area contributed by atoms with Crippen molar-refractivity contribution in [1.29, 1.82) is 0 Å². The standard InChI is InChI=1S/C15H19FN2O4S/c1-10(19)15-5-3-4-8-18(15)23(21,22)12-6-7-13(16)14(9-12)17-11(2)20/h6-7,9,15H,3-5,8H2,1-2H3,(H,17,20)/t15-/m1/s1. The molecular weight excluding hydrogens is 323 g/mol. The van der Waals surface area contributed by atoms with Gasteiger partial charge in [0.1, 0.15) is 11.6 Å². The number of Topliss-reactive ketones (excluding diaryl/α,β-unsaturated/α-hetero) is 1. The third-order valence-corrected chi connectivity index (χ3v) is 5.68. The molecule has 6 nitrogen and oxygen atoms in total. The molecule has 0 saturated carbocycles. The molecule has 2 rings (SSSR count). The molecule has 1 saturated heterocycles. The molecular formula is C15H19FN2O4S. The SMILES string of the molecule is CC(=O)Nc1cc(S(=O)(=O)N2CCCC[C@@H]2C(C)=O)ccc1F. The van der Waals surface area contributed by atoms with E-state index in [1.807, 2.05) is 0 Å². The summed E-state index contributed by atoms with van der Waals surface area (Å²) in [6, 6.07) is 2.52. The van der Waals surface area contributed by atoms with Crippen LogP contribution in [0.15, 0.2) is 23.1 Å². The molecule has 1 aliphatic rings. The van der Waals surface area contributed by atoms with E-state index in [0.717, 1.165) is 24.6 Å². The van der Waals surface area contributed by atoms with Crippen LogP contribution >= 0.6 is 0 Å². The van der Waals surface area contributed by atoms with Crippen molar-refractivity contribution in [2.75, 3.05) is 11.9 Å². The first-order valence-corrected chi connectivity index (χ1v) is 8.77. The fraction of sp³-hybridized carbons (Fsp3) is 0.467. The van der Waals surface area contributed by atoms with E-state index in [0.29, 0.717) is 12.8 Å². The van der Waals surface area contributed by atoms with Crippen LogP contribution in [0.5, 0.6) is 0 Å². The topological polar surface area (TPSA) is 83.6 Å². The molecule has 1 atom stereocenters. The Balaban J connectivity index is 2.42. The fourth-order valence-electron chi connectivity index (χ4n) is 2.68. The zero-order valence-corrected chi connectivity index (χ0v) is 13.8. The number of halogens is 1. The van der Waals surface area contributed by atoms with Crippen molar-refractivity contribution in [1.82, 2.24) is 4.31 Å². The van der Waals surface area contributed by atoms with E-state index in [1.165, 1.54) is 18.2 Å². The van der Waals surface area contributed by atoms with Crippen molar-refractivity contribution in [2.45, 2.75) is 44.0 Å². The van der Waals surface area contributed by atoms with Crippen molar-refractivity contribution in [3.05, 3.63) is 24.0 Å². The van der Waals surface area contributed by atoms with Crippen LogP contribution in [-0.2, 0) is 19.6 Å². The number of carbonyl (C=O) groups excluding carboxylic acids is 2. The fourth-order valence-corrected chi connectivity index (χ4v) is 4.42. The van der Waals surface area contributed by atoms with E-state index in [2.05, 4.69) is 5.32 Å². The highest BCUT2D eigenvalue weighted by Gasteiger charge is 2.36. The summed E-state index contributed by atoms with van der Waals surface area (Å²) in [5.41, 5.74) is -0.199. The first-order valence-electron chi connectivity index (χ1n) is 7.33. The second kappa shape index (κ2) is 6.76. The van der Waals surface area contributed by atoms with Gasteiger partial charge in [0.2, 0.25) is 15.9 Å². The molecule has 1 aliphatic heterocycles. The van der Waals surface area contributed by atoms with Gasteiger partial charge in [-0.15, -0.1) is 0 Å². The minimum absolute atomic E-state index is 0.143. The quantitative estimate of drug-likeness (QED) is 0.906. The number of amides is 1. The minimum Gasteiger partial charge on any atom is -0.324 e. The normalized spacial score (nSPS) is 19.3. The van der Waals surface area contributed by atoms with E-state index in [9.17, 15) is 22.4 Å². The lowest BCUT2D eigenvalue weighted by atomic mass is 10.0.